The Labute approximate surface area is 177 Å². The molecule has 6 nitrogen and oxygen atoms in total. The van der Waals surface area contributed by atoms with E-state index in [1.54, 1.807) is 36.4 Å². The molecule has 1 amide bonds. The number of carbonyl (C=O) groups excluding carboxylic acids is 2. The minimum absolute atomic E-state index is 0.121. The lowest BCUT2D eigenvalue weighted by Crippen LogP contribution is -2.29. The summed E-state index contributed by atoms with van der Waals surface area (Å²) in [7, 11) is 1.48. The van der Waals surface area contributed by atoms with Crippen molar-refractivity contribution < 1.29 is 28.9 Å². The Morgan fingerprint density at radius 2 is 1.71 bits per heavy atom. The fourth-order valence-electron chi connectivity index (χ4n) is 3.64. The molecule has 0 radical (unpaired) electrons. The second-order valence-electron chi connectivity index (χ2n) is 6.94. The molecule has 1 aliphatic rings. The maximum Gasteiger partial charge on any atom is 0.300 e. The topological polar surface area (TPSA) is 87.1 Å². The molecule has 0 saturated carbocycles. The maximum absolute atomic E-state index is 13.4. The number of aliphatic hydroxyl groups excluding tert-OH is 1. The summed E-state index contributed by atoms with van der Waals surface area (Å²) in [5.41, 5.74) is 0.624. The van der Waals surface area contributed by atoms with Gasteiger partial charge in [-0.3, -0.25) is 14.5 Å². The van der Waals surface area contributed by atoms with Crippen LogP contribution in [0, 0.1) is 5.82 Å². The predicted molar refractivity (Wildman–Crippen MR) is 112 cm³/mol. The van der Waals surface area contributed by atoms with Gasteiger partial charge in [-0.15, -0.1) is 0 Å². The molecule has 31 heavy (non-hydrogen) atoms. The minimum Gasteiger partial charge on any atom is -0.507 e. The highest BCUT2D eigenvalue weighted by Crippen LogP contribution is 2.45. The van der Waals surface area contributed by atoms with Gasteiger partial charge < -0.3 is 14.9 Å². The van der Waals surface area contributed by atoms with Crippen LogP contribution in [0.3, 0.4) is 0 Å². The number of benzene rings is 3. The summed E-state index contributed by atoms with van der Waals surface area (Å²) >= 11 is 0. The van der Waals surface area contributed by atoms with Gasteiger partial charge >= 0.3 is 0 Å². The highest BCUT2D eigenvalue weighted by Gasteiger charge is 2.47. The molecule has 4 rings (SSSR count). The molecule has 0 spiro atoms. The fraction of sp³-hybridized carbons (Fsp3) is 0.0833. The van der Waals surface area contributed by atoms with Crippen LogP contribution in [0.15, 0.2) is 78.4 Å². The number of aliphatic hydroxyl groups is 1. The first kappa shape index (κ1) is 20.2. The maximum atomic E-state index is 13.4. The highest BCUT2D eigenvalue weighted by atomic mass is 19.1. The van der Waals surface area contributed by atoms with Gasteiger partial charge in [-0.05, 0) is 54.1 Å². The van der Waals surface area contributed by atoms with Crippen LogP contribution in [0.25, 0.3) is 5.76 Å². The average molecular weight is 419 g/mol. The molecule has 1 saturated heterocycles. The Balaban J connectivity index is 1.97. The van der Waals surface area contributed by atoms with E-state index in [-0.39, 0.29) is 22.6 Å². The normalized spacial score (nSPS) is 17.7. The number of anilines is 1. The number of nitrogens with zero attached hydrogens (tertiary/aromatic N) is 1. The number of phenols is 1. The van der Waals surface area contributed by atoms with Crippen molar-refractivity contribution in [3.63, 3.8) is 0 Å². The molecule has 1 atom stereocenters. The number of Topliss-reactive ketones (excluding diaryl/α,β-unsaturated/α-hetero) is 1. The Morgan fingerprint density at radius 3 is 2.39 bits per heavy atom. The van der Waals surface area contributed by atoms with Gasteiger partial charge in [0.05, 0.1) is 24.4 Å². The minimum atomic E-state index is -1.03. The number of ketones is 1. The zero-order valence-electron chi connectivity index (χ0n) is 16.4. The van der Waals surface area contributed by atoms with Gasteiger partial charge in [0.2, 0.25) is 0 Å². The van der Waals surface area contributed by atoms with Crippen molar-refractivity contribution in [1.82, 2.24) is 0 Å². The lowest BCUT2D eigenvalue weighted by atomic mass is 9.95. The molecule has 7 heteroatoms. The summed E-state index contributed by atoms with van der Waals surface area (Å²) in [4.78, 5) is 27.2. The van der Waals surface area contributed by atoms with Gasteiger partial charge in [0.1, 0.15) is 23.1 Å². The Bertz CT molecular complexity index is 1200. The smallest absolute Gasteiger partial charge is 0.300 e. The van der Waals surface area contributed by atoms with Gasteiger partial charge in [0.25, 0.3) is 11.7 Å². The molecular formula is C24H18FNO5. The molecule has 3 aromatic rings. The van der Waals surface area contributed by atoms with Gasteiger partial charge in [0.15, 0.2) is 0 Å². The number of hydrogen-bond acceptors (Lipinski definition) is 5. The van der Waals surface area contributed by atoms with Crippen molar-refractivity contribution in [3.8, 4) is 11.5 Å². The molecule has 1 aliphatic heterocycles. The molecule has 1 unspecified atom stereocenters. The Morgan fingerprint density at radius 1 is 1.00 bits per heavy atom. The lowest BCUT2D eigenvalue weighted by molar-refractivity contribution is -0.132. The van der Waals surface area contributed by atoms with E-state index in [4.69, 9.17) is 4.74 Å². The largest absolute Gasteiger partial charge is 0.507 e. The third kappa shape index (κ3) is 3.50. The summed E-state index contributed by atoms with van der Waals surface area (Å²) in [5, 5.41) is 21.3. The Kier molecular flexibility index (Phi) is 5.17. The molecule has 1 heterocycles. The molecule has 1 fully saturated rings. The van der Waals surface area contributed by atoms with Gasteiger partial charge in [-0.2, -0.15) is 0 Å². The molecule has 0 bridgehead atoms. The van der Waals surface area contributed by atoms with Crippen LogP contribution >= 0.6 is 0 Å². The number of ether oxygens (including phenoxy) is 1. The van der Waals surface area contributed by atoms with Crippen molar-refractivity contribution >= 4 is 23.1 Å². The van der Waals surface area contributed by atoms with Crippen molar-refractivity contribution in [2.24, 2.45) is 0 Å². The van der Waals surface area contributed by atoms with E-state index >= 15 is 0 Å². The van der Waals surface area contributed by atoms with Gasteiger partial charge in [-0.1, -0.05) is 24.3 Å². The standard InChI is InChI=1S/C24H18FNO5/c1-31-17-6-4-5-15(13-17)21-20(22(28)14-9-11-16(25)12-10-14)23(29)24(30)26(21)18-7-2-3-8-19(18)27/h2-13,21,27-28H,1H3/b22-20-. The first-order chi connectivity index (χ1) is 14.9. The predicted octanol–water partition coefficient (Wildman–Crippen LogP) is 4.17. The highest BCUT2D eigenvalue weighted by molar-refractivity contribution is 6.51. The first-order valence-corrected chi connectivity index (χ1v) is 9.41. The number of amides is 1. The number of aromatic hydroxyl groups is 1. The zero-order valence-corrected chi connectivity index (χ0v) is 16.4. The van der Waals surface area contributed by atoms with Crippen LogP contribution < -0.4 is 9.64 Å². The van der Waals surface area contributed by atoms with Crippen LogP contribution in [-0.4, -0.2) is 29.0 Å². The van der Waals surface area contributed by atoms with E-state index in [0.717, 1.165) is 17.0 Å². The van der Waals surface area contributed by atoms with Crippen molar-refractivity contribution in [3.05, 3.63) is 95.3 Å². The number of carbonyl (C=O) groups is 2. The second-order valence-corrected chi connectivity index (χ2v) is 6.94. The zero-order chi connectivity index (χ0) is 22.1. The third-order valence-electron chi connectivity index (χ3n) is 5.11. The third-order valence-corrected chi connectivity index (χ3v) is 5.11. The average Bonchev–Trinajstić information content (AvgIpc) is 3.05. The summed E-state index contributed by atoms with van der Waals surface area (Å²) in [6.07, 6.45) is 0. The van der Waals surface area contributed by atoms with Crippen molar-refractivity contribution in [2.75, 3.05) is 12.0 Å². The lowest BCUT2D eigenvalue weighted by Gasteiger charge is -2.26. The van der Waals surface area contributed by atoms with Crippen LogP contribution in [0.5, 0.6) is 11.5 Å². The summed E-state index contributed by atoms with van der Waals surface area (Å²) in [6.45, 7) is 0. The SMILES string of the molecule is COc1cccc(C2/C(=C(/O)c3ccc(F)cc3)C(=O)C(=O)N2c2ccccc2O)c1. The summed E-state index contributed by atoms with van der Waals surface area (Å²) in [6, 6.07) is 16.7. The number of phenolic OH excluding ortho intramolecular Hbond substituents is 1. The van der Waals surface area contributed by atoms with Crippen molar-refractivity contribution in [1.29, 1.82) is 0 Å². The molecule has 0 aliphatic carbocycles. The molecule has 0 aromatic heterocycles. The van der Waals surface area contributed by atoms with Crippen molar-refractivity contribution in [2.45, 2.75) is 6.04 Å². The Hall–Kier alpha value is -4.13. The molecular weight excluding hydrogens is 401 g/mol. The van der Waals surface area contributed by atoms with Gasteiger partial charge in [0, 0.05) is 5.56 Å². The van der Waals surface area contributed by atoms with Crippen LogP contribution in [0.1, 0.15) is 17.2 Å². The monoisotopic (exact) mass is 419 g/mol. The number of methoxy groups -OCH3 is 1. The number of halogens is 1. The second kappa shape index (κ2) is 7.95. The molecule has 2 N–H and O–H groups in total. The van der Waals surface area contributed by atoms with Crippen LogP contribution in [0.2, 0.25) is 0 Å². The fourth-order valence-corrected chi connectivity index (χ4v) is 3.64. The van der Waals surface area contributed by atoms with E-state index in [1.165, 1.54) is 31.4 Å². The summed E-state index contributed by atoms with van der Waals surface area (Å²) < 4.78 is 18.6. The van der Waals surface area contributed by atoms with Crippen LogP contribution in [0.4, 0.5) is 10.1 Å². The van der Waals surface area contributed by atoms with E-state index in [1.807, 2.05) is 0 Å². The number of rotatable bonds is 4. The quantitative estimate of drug-likeness (QED) is 0.377. The van der Waals surface area contributed by atoms with E-state index in [9.17, 15) is 24.2 Å². The first-order valence-electron chi connectivity index (χ1n) is 9.41. The molecule has 156 valence electrons. The van der Waals surface area contributed by atoms with Gasteiger partial charge in [-0.25, -0.2) is 4.39 Å². The number of hydrogen-bond donors (Lipinski definition) is 2. The van der Waals surface area contributed by atoms with E-state index in [2.05, 4.69) is 0 Å². The summed E-state index contributed by atoms with van der Waals surface area (Å²) in [5.74, 6) is -2.48. The molecule has 3 aromatic carbocycles. The van der Waals surface area contributed by atoms with Crippen LogP contribution in [-0.2, 0) is 9.59 Å². The van der Waals surface area contributed by atoms with E-state index in [0.29, 0.717) is 11.3 Å². The number of para-hydroxylation sites is 2. The van der Waals surface area contributed by atoms with E-state index < -0.39 is 29.3 Å².